The Labute approximate surface area is 138 Å². The van der Waals surface area contributed by atoms with E-state index in [1.807, 2.05) is 0 Å². The zero-order valence-corrected chi connectivity index (χ0v) is 13.4. The molecule has 1 atom stereocenters. The molecule has 1 unspecified atom stereocenters. The number of nitrogens with two attached hydrogens (primary N) is 1. The van der Waals surface area contributed by atoms with Crippen molar-refractivity contribution in [2.24, 2.45) is 5.73 Å². The van der Waals surface area contributed by atoms with Crippen molar-refractivity contribution in [2.75, 3.05) is 6.54 Å². The molecule has 1 amide bonds. The minimum atomic E-state index is -4.42. The molecule has 0 fully saturated rings. The fourth-order valence-corrected chi connectivity index (χ4v) is 2.51. The van der Waals surface area contributed by atoms with Gasteiger partial charge in [-0.1, -0.05) is 12.1 Å². The number of benzene rings is 1. The summed E-state index contributed by atoms with van der Waals surface area (Å²) in [5, 5.41) is 0. The first-order chi connectivity index (χ1) is 11.3. The van der Waals surface area contributed by atoms with E-state index in [0.29, 0.717) is 23.4 Å². The first kappa shape index (κ1) is 18.1. The molecule has 0 aliphatic rings. The SMILES string of the molecule is CCN(C(=O)c1coc(CN)c1)C(C)c1cccc(C(F)(F)F)c1. The number of nitrogens with zero attached hydrogens (tertiary/aromatic N) is 1. The number of halogens is 3. The highest BCUT2D eigenvalue weighted by molar-refractivity contribution is 5.94. The van der Waals surface area contributed by atoms with Crippen LogP contribution in [0.5, 0.6) is 0 Å². The Morgan fingerprint density at radius 1 is 1.33 bits per heavy atom. The average molecular weight is 340 g/mol. The lowest BCUT2D eigenvalue weighted by atomic mass is 10.0. The van der Waals surface area contributed by atoms with Gasteiger partial charge in [0, 0.05) is 6.54 Å². The fourth-order valence-electron chi connectivity index (χ4n) is 2.51. The van der Waals surface area contributed by atoms with Crippen LogP contribution in [-0.4, -0.2) is 17.4 Å². The van der Waals surface area contributed by atoms with Crippen LogP contribution in [0.1, 0.15) is 47.1 Å². The highest BCUT2D eigenvalue weighted by atomic mass is 19.4. The van der Waals surface area contributed by atoms with Gasteiger partial charge in [0.15, 0.2) is 0 Å². The van der Waals surface area contributed by atoms with Crippen molar-refractivity contribution >= 4 is 5.91 Å². The molecule has 130 valence electrons. The van der Waals surface area contributed by atoms with E-state index >= 15 is 0 Å². The summed E-state index contributed by atoms with van der Waals surface area (Å²) >= 11 is 0. The van der Waals surface area contributed by atoms with Crippen molar-refractivity contribution in [1.29, 1.82) is 0 Å². The third-order valence-corrected chi connectivity index (χ3v) is 3.87. The summed E-state index contributed by atoms with van der Waals surface area (Å²) in [6.45, 7) is 3.98. The molecule has 0 radical (unpaired) electrons. The van der Waals surface area contributed by atoms with Crippen molar-refractivity contribution in [3.8, 4) is 0 Å². The molecule has 7 heteroatoms. The average Bonchev–Trinajstić information content (AvgIpc) is 3.03. The summed E-state index contributed by atoms with van der Waals surface area (Å²) in [7, 11) is 0. The van der Waals surface area contributed by atoms with Gasteiger partial charge in [-0.15, -0.1) is 0 Å². The molecule has 0 aliphatic heterocycles. The number of hydrogen-bond donors (Lipinski definition) is 1. The van der Waals surface area contributed by atoms with Crippen LogP contribution in [-0.2, 0) is 12.7 Å². The normalized spacial score (nSPS) is 12.9. The van der Waals surface area contributed by atoms with Gasteiger partial charge in [-0.25, -0.2) is 0 Å². The molecule has 0 saturated carbocycles. The van der Waals surface area contributed by atoms with E-state index in [2.05, 4.69) is 0 Å². The second-order valence-corrected chi connectivity index (χ2v) is 5.40. The zero-order chi connectivity index (χ0) is 17.9. The Hall–Kier alpha value is -2.28. The summed E-state index contributed by atoms with van der Waals surface area (Å²) in [5.74, 6) is 0.159. The monoisotopic (exact) mass is 340 g/mol. The van der Waals surface area contributed by atoms with E-state index in [1.54, 1.807) is 26.0 Å². The smallest absolute Gasteiger partial charge is 0.416 e. The van der Waals surface area contributed by atoms with Gasteiger partial charge in [0.2, 0.25) is 0 Å². The van der Waals surface area contributed by atoms with Crippen molar-refractivity contribution in [3.05, 3.63) is 59.0 Å². The largest absolute Gasteiger partial charge is 0.467 e. The van der Waals surface area contributed by atoms with Crippen molar-refractivity contribution in [3.63, 3.8) is 0 Å². The van der Waals surface area contributed by atoms with Gasteiger partial charge in [-0.05, 0) is 37.6 Å². The van der Waals surface area contributed by atoms with Crippen LogP contribution in [0.3, 0.4) is 0 Å². The molecule has 24 heavy (non-hydrogen) atoms. The number of alkyl halides is 3. The van der Waals surface area contributed by atoms with Gasteiger partial charge < -0.3 is 15.1 Å². The van der Waals surface area contributed by atoms with Gasteiger partial charge in [0.1, 0.15) is 12.0 Å². The third kappa shape index (κ3) is 3.79. The lowest BCUT2D eigenvalue weighted by Gasteiger charge is -2.28. The Balaban J connectivity index is 2.28. The number of hydrogen-bond acceptors (Lipinski definition) is 3. The maximum atomic E-state index is 12.9. The topological polar surface area (TPSA) is 59.5 Å². The number of furan rings is 1. The molecule has 2 aromatic rings. The minimum absolute atomic E-state index is 0.169. The quantitative estimate of drug-likeness (QED) is 0.895. The van der Waals surface area contributed by atoms with Crippen LogP contribution >= 0.6 is 0 Å². The standard InChI is InChI=1S/C17H19F3N2O2/c1-3-22(16(23)13-8-15(9-21)24-10-13)11(2)12-5-4-6-14(7-12)17(18,19)20/h4-8,10-11H,3,9,21H2,1-2H3. The Bertz CT molecular complexity index is 710. The first-order valence-electron chi connectivity index (χ1n) is 7.53. The molecule has 4 nitrogen and oxygen atoms in total. The number of amides is 1. The number of rotatable bonds is 5. The summed E-state index contributed by atoms with van der Waals surface area (Å²) in [5.41, 5.74) is 5.47. The van der Waals surface area contributed by atoms with Crippen molar-refractivity contribution in [1.82, 2.24) is 4.90 Å². The zero-order valence-electron chi connectivity index (χ0n) is 13.4. The highest BCUT2D eigenvalue weighted by Gasteiger charge is 2.31. The fraction of sp³-hybridized carbons (Fsp3) is 0.353. The molecule has 1 aromatic heterocycles. The van der Waals surface area contributed by atoms with Crippen LogP contribution in [0.15, 0.2) is 41.0 Å². The summed E-state index contributed by atoms with van der Waals surface area (Å²) in [4.78, 5) is 14.1. The molecular formula is C17H19F3N2O2. The number of carbonyl (C=O) groups is 1. The molecule has 0 spiro atoms. The number of carbonyl (C=O) groups excluding carboxylic acids is 1. The summed E-state index contributed by atoms with van der Waals surface area (Å²) in [6.07, 6.45) is -3.11. The van der Waals surface area contributed by atoms with E-state index in [1.165, 1.54) is 17.2 Å². The van der Waals surface area contributed by atoms with E-state index in [9.17, 15) is 18.0 Å². The van der Waals surface area contributed by atoms with Gasteiger partial charge in [-0.3, -0.25) is 4.79 Å². The highest BCUT2D eigenvalue weighted by Crippen LogP contribution is 2.32. The van der Waals surface area contributed by atoms with Gasteiger partial charge in [0.05, 0.1) is 23.7 Å². The Kier molecular flexibility index (Phi) is 5.33. The summed E-state index contributed by atoms with van der Waals surface area (Å²) in [6, 6.07) is 6.04. The van der Waals surface area contributed by atoms with Crippen LogP contribution in [0.4, 0.5) is 13.2 Å². The van der Waals surface area contributed by atoms with Gasteiger partial charge in [0.25, 0.3) is 5.91 Å². The molecule has 1 heterocycles. The second-order valence-electron chi connectivity index (χ2n) is 5.40. The van der Waals surface area contributed by atoms with Crippen LogP contribution < -0.4 is 5.73 Å². The summed E-state index contributed by atoms with van der Waals surface area (Å²) < 4.78 is 43.8. The van der Waals surface area contributed by atoms with E-state index < -0.39 is 17.8 Å². The van der Waals surface area contributed by atoms with Crippen molar-refractivity contribution in [2.45, 2.75) is 32.6 Å². The second kappa shape index (κ2) is 7.09. The van der Waals surface area contributed by atoms with E-state index in [-0.39, 0.29) is 12.5 Å². The van der Waals surface area contributed by atoms with E-state index in [0.717, 1.165) is 12.1 Å². The van der Waals surface area contributed by atoms with Crippen LogP contribution in [0, 0.1) is 0 Å². The van der Waals surface area contributed by atoms with Crippen molar-refractivity contribution < 1.29 is 22.4 Å². The Morgan fingerprint density at radius 3 is 2.58 bits per heavy atom. The van der Waals surface area contributed by atoms with Crippen LogP contribution in [0.25, 0.3) is 0 Å². The molecule has 0 bridgehead atoms. The molecule has 0 saturated heterocycles. The molecular weight excluding hydrogens is 321 g/mol. The Morgan fingerprint density at radius 2 is 2.04 bits per heavy atom. The maximum absolute atomic E-state index is 12.9. The predicted molar refractivity (Wildman–Crippen MR) is 83.2 cm³/mol. The van der Waals surface area contributed by atoms with Gasteiger partial charge in [-0.2, -0.15) is 13.2 Å². The first-order valence-corrected chi connectivity index (χ1v) is 7.53. The third-order valence-electron chi connectivity index (χ3n) is 3.87. The molecule has 2 N–H and O–H groups in total. The molecule has 0 aliphatic carbocycles. The molecule has 2 rings (SSSR count). The maximum Gasteiger partial charge on any atom is 0.416 e. The van der Waals surface area contributed by atoms with E-state index in [4.69, 9.17) is 10.2 Å². The van der Waals surface area contributed by atoms with Gasteiger partial charge >= 0.3 is 6.18 Å². The lowest BCUT2D eigenvalue weighted by molar-refractivity contribution is -0.137. The lowest BCUT2D eigenvalue weighted by Crippen LogP contribution is -2.33. The predicted octanol–water partition coefficient (Wildman–Crippen LogP) is 3.98. The minimum Gasteiger partial charge on any atom is -0.467 e. The molecule has 1 aromatic carbocycles. The van der Waals surface area contributed by atoms with Crippen LogP contribution in [0.2, 0.25) is 0 Å².